The molecule has 1 aromatic carbocycles. The maximum atomic E-state index is 12.5. The molecule has 1 fully saturated rings. The van der Waals surface area contributed by atoms with Crippen molar-refractivity contribution in [2.75, 3.05) is 31.5 Å². The highest BCUT2D eigenvalue weighted by atomic mass is 35.5. The van der Waals surface area contributed by atoms with Gasteiger partial charge in [-0.1, -0.05) is 22.9 Å². The number of halogens is 1. The Kier molecular flexibility index (Phi) is 6.25. The van der Waals surface area contributed by atoms with Gasteiger partial charge in [0, 0.05) is 44.4 Å². The second kappa shape index (κ2) is 8.68. The van der Waals surface area contributed by atoms with E-state index in [1.165, 1.54) is 30.3 Å². The Bertz CT molecular complexity index is 990. The molecule has 13 heteroatoms. The summed E-state index contributed by atoms with van der Waals surface area (Å²) in [5.74, 6) is -0.261. The third-order valence-corrected chi connectivity index (χ3v) is 5.95. The number of nitrogens with one attached hydrogen (secondary N) is 1. The smallest absolute Gasteiger partial charge is 0.324 e. The van der Waals surface area contributed by atoms with E-state index >= 15 is 0 Å². The molecule has 1 aliphatic rings. The van der Waals surface area contributed by atoms with Crippen molar-refractivity contribution in [2.24, 2.45) is 0 Å². The number of hydrogen-bond acceptors (Lipinski definition) is 7. The van der Waals surface area contributed by atoms with Gasteiger partial charge in [0.25, 0.3) is 11.6 Å². The van der Waals surface area contributed by atoms with E-state index in [-0.39, 0.29) is 16.6 Å². The number of thiophene rings is 1. The third-order valence-electron chi connectivity index (χ3n) is 4.24. The second-order valence-electron chi connectivity index (χ2n) is 6.03. The van der Waals surface area contributed by atoms with E-state index in [1.807, 2.05) is 4.90 Å². The number of carbonyl (C=O) groups is 1. The summed E-state index contributed by atoms with van der Waals surface area (Å²) in [5, 5.41) is 25.2. The van der Waals surface area contributed by atoms with Crippen LogP contribution in [0.5, 0.6) is 0 Å². The first-order valence-electron chi connectivity index (χ1n) is 8.29. The fraction of sp³-hybridized carbons (Fsp3) is 0.250. The molecule has 152 valence electrons. The Morgan fingerprint density at radius 1 is 1.07 bits per heavy atom. The van der Waals surface area contributed by atoms with Gasteiger partial charge in [-0.3, -0.25) is 25.0 Å². The minimum atomic E-state index is -0.525. The van der Waals surface area contributed by atoms with E-state index in [2.05, 4.69) is 5.32 Å². The lowest BCUT2D eigenvalue weighted by atomic mass is 10.2. The predicted octanol–water partition coefficient (Wildman–Crippen LogP) is 3.37. The normalized spacial score (nSPS) is 13.8. The average molecular weight is 456 g/mol. The zero-order valence-corrected chi connectivity index (χ0v) is 17.1. The van der Waals surface area contributed by atoms with Gasteiger partial charge in [-0.05, 0) is 24.4 Å². The summed E-state index contributed by atoms with van der Waals surface area (Å²) in [6, 6.07) is 6.79. The number of nitro groups is 2. The van der Waals surface area contributed by atoms with Crippen LogP contribution < -0.4 is 5.32 Å². The van der Waals surface area contributed by atoms with Crippen LogP contribution >= 0.6 is 35.2 Å². The number of hydrogen-bond donors (Lipinski definition) is 1. The summed E-state index contributed by atoms with van der Waals surface area (Å²) >= 11 is 12.3. The third kappa shape index (κ3) is 4.78. The Balaban J connectivity index is 1.59. The van der Waals surface area contributed by atoms with Gasteiger partial charge in [-0.15, -0.1) is 0 Å². The maximum Gasteiger partial charge on any atom is 0.324 e. The average Bonchev–Trinajstić information content (AvgIpc) is 3.19. The quantitative estimate of drug-likeness (QED) is 0.423. The van der Waals surface area contributed by atoms with Crippen molar-refractivity contribution >= 4 is 62.6 Å². The topological polar surface area (TPSA) is 122 Å². The number of non-ortho nitro benzene ring substituents is 1. The zero-order chi connectivity index (χ0) is 21.1. The number of anilines is 1. The first-order chi connectivity index (χ1) is 13.8. The van der Waals surface area contributed by atoms with Crippen molar-refractivity contribution in [1.29, 1.82) is 0 Å². The Hall–Kier alpha value is -2.83. The van der Waals surface area contributed by atoms with E-state index in [0.29, 0.717) is 46.9 Å². The highest BCUT2D eigenvalue weighted by Gasteiger charge is 2.26. The zero-order valence-electron chi connectivity index (χ0n) is 14.7. The van der Waals surface area contributed by atoms with E-state index in [4.69, 9.17) is 23.8 Å². The maximum absolute atomic E-state index is 12.5. The van der Waals surface area contributed by atoms with Crippen molar-refractivity contribution in [3.05, 3.63) is 60.5 Å². The lowest BCUT2D eigenvalue weighted by Crippen LogP contribution is -2.51. The van der Waals surface area contributed by atoms with Crippen LogP contribution in [0, 0.1) is 20.2 Å². The molecular weight excluding hydrogens is 442 g/mol. The van der Waals surface area contributed by atoms with E-state index < -0.39 is 9.85 Å². The fourth-order valence-electron chi connectivity index (χ4n) is 2.73. The van der Waals surface area contributed by atoms with Gasteiger partial charge < -0.3 is 15.1 Å². The standard InChI is InChI=1S/C16H14ClN5O5S2/c17-11-2-1-10(21(24)25)9-12(11)18-16(28)20-7-5-19(6-8-20)15(23)13-3-4-14(29-13)22(26)27/h1-4,9H,5-8H2,(H,18,28). The summed E-state index contributed by atoms with van der Waals surface area (Å²) in [6.07, 6.45) is 0. The van der Waals surface area contributed by atoms with Crippen LogP contribution in [0.2, 0.25) is 5.02 Å². The Labute approximate surface area is 179 Å². The first kappa shape index (κ1) is 20.9. The molecule has 1 aliphatic heterocycles. The lowest BCUT2D eigenvalue weighted by Gasteiger charge is -2.36. The molecule has 0 radical (unpaired) electrons. The summed E-state index contributed by atoms with van der Waals surface area (Å²) < 4.78 is 0. The molecule has 3 rings (SSSR count). The molecule has 29 heavy (non-hydrogen) atoms. The summed E-state index contributed by atoms with van der Waals surface area (Å²) in [7, 11) is 0. The molecule has 0 aliphatic carbocycles. The minimum absolute atomic E-state index is 0.0776. The van der Waals surface area contributed by atoms with Crippen LogP contribution in [0.1, 0.15) is 9.67 Å². The summed E-state index contributed by atoms with van der Waals surface area (Å²) in [6.45, 7) is 1.65. The number of amides is 1. The van der Waals surface area contributed by atoms with Crippen molar-refractivity contribution in [3.8, 4) is 0 Å². The number of benzene rings is 1. The van der Waals surface area contributed by atoms with Gasteiger partial charge in [-0.2, -0.15) is 0 Å². The lowest BCUT2D eigenvalue weighted by molar-refractivity contribution is -0.384. The molecule has 2 heterocycles. The van der Waals surface area contributed by atoms with Crippen LogP contribution in [-0.2, 0) is 0 Å². The largest absolute Gasteiger partial charge is 0.345 e. The van der Waals surface area contributed by atoms with Crippen LogP contribution in [0.15, 0.2) is 30.3 Å². The van der Waals surface area contributed by atoms with Crippen molar-refractivity contribution in [2.45, 2.75) is 0 Å². The molecule has 0 spiro atoms. The number of rotatable bonds is 4. The molecule has 0 saturated carbocycles. The van der Waals surface area contributed by atoms with Crippen molar-refractivity contribution in [1.82, 2.24) is 9.80 Å². The number of thiocarbonyl (C=S) groups is 1. The van der Waals surface area contributed by atoms with E-state index in [9.17, 15) is 25.0 Å². The molecule has 0 atom stereocenters. The van der Waals surface area contributed by atoms with Crippen LogP contribution in [0.25, 0.3) is 0 Å². The van der Waals surface area contributed by atoms with Gasteiger partial charge in [0.1, 0.15) is 0 Å². The van der Waals surface area contributed by atoms with E-state index in [1.54, 1.807) is 4.90 Å². The van der Waals surface area contributed by atoms with Crippen LogP contribution in [-0.4, -0.2) is 56.8 Å². The van der Waals surface area contributed by atoms with Crippen molar-refractivity contribution in [3.63, 3.8) is 0 Å². The highest BCUT2D eigenvalue weighted by Crippen LogP contribution is 2.28. The first-order valence-corrected chi connectivity index (χ1v) is 9.90. The van der Waals surface area contributed by atoms with Gasteiger partial charge >= 0.3 is 5.00 Å². The number of nitrogens with zero attached hydrogens (tertiary/aromatic N) is 4. The Morgan fingerprint density at radius 2 is 1.72 bits per heavy atom. The van der Waals surface area contributed by atoms with E-state index in [0.717, 1.165) is 11.3 Å². The number of carbonyl (C=O) groups excluding carboxylic acids is 1. The highest BCUT2D eigenvalue weighted by molar-refractivity contribution is 7.80. The minimum Gasteiger partial charge on any atom is -0.345 e. The summed E-state index contributed by atoms with van der Waals surface area (Å²) in [4.78, 5) is 36.9. The number of piperazine rings is 1. The number of nitro benzene ring substituents is 1. The fourth-order valence-corrected chi connectivity index (χ4v) is 3.97. The monoisotopic (exact) mass is 455 g/mol. The second-order valence-corrected chi connectivity index (χ2v) is 7.88. The molecule has 10 nitrogen and oxygen atoms in total. The molecule has 1 saturated heterocycles. The predicted molar refractivity (Wildman–Crippen MR) is 113 cm³/mol. The van der Waals surface area contributed by atoms with Crippen molar-refractivity contribution < 1.29 is 14.6 Å². The van der Waals surface area contributed by atoms with Gasteiger partial charge in [0.15, 0.2) is 5.11 Å². The van der Waals surface area contributed by atoms with Gasteiger partial charge in [0.05, 0.1) is 25.4 Å². The molecule has 0 unspecified atom stereocenters. The molecule has 1 aromatic heterocycles. The molecular formula is C16H14ClN5O5S2. The molecule has 1 amide bonds. The van der Waals surface area contributed by atoms with Gasteiger partial charge in [-0.25, -0.2) is 0 Å². The van der Waals surface area contributed by atoms with Crippen LogP contribution in [0.4, 0.5) is 16.4 Å². The summed E-state index contributed by atoms with van der Waals surface area (Å²) in [5.41, 5.74) is 0.218. The molecule has 2 aromatic rings. The van der Waals surface area contributed by atoms with Gasteiger partial charge in [0.2, 0.25) is 0 Å². The SMILES string of the molecule is O=C(c1ccc([N+](=O)[O-])s1)N1CCN(C(=S)Nc2cc([N+](=O)[O-])ccc2Cl)CC1. The Morgan fingerprint density at radius 3 is 2.31 bits per heavy atom. The van der Waals surface area contributed by atoms with Crippen LogP contribution in [0.3, 0.4) is 0 Å². The molecule has 0 bridgehead atoms. The molecule has 1 N–H and O–H groups in total.